The molecule has 0 aliphatic rings. The highest BCUT2D eigenvalue weighted by molar-refractivity contribution is 6.00. The maximum atomic E-state index is 13.0. The average molecular weight is 283 g/mol. The van der Waals surface area contributed by atoms with Gasteiger partial charge in [-0.1, -0.05) is 35.5 Å². The van der Waals surface area contributed by atoms with Gasteiger partial charge in [-0.3, -0.25) is 0 Å². The molecule has 0 aliphatic carbocycles. The zero-order chi connectivity index (χ0) is 14.8. The van der Waals surface area contributed by atoms with E-state index in [1.165, 1.54) is 24.3 Å². The van der Waals surface area contributed by atoms with Gasteiger partial charge in [-0.15, -0.1) is 0 Å². The zero-order valence-corrected chi connectivity index (χ0v) is 10.8. The molecule has 0 bridgehead atoms. The fraction of sp³-hybridized carbons (Fsp3) is 0. The summed E-state index contributed by atoms with van der Waals surface area (Å²) in [5.41, 5.74) is 1.25. The third kappa shape index (κ3) is 2.41. The van der Waals surface area contributed by atoms with Crippen molar-refractivity contribution in [1.29, 1.82) is 0 Å². The molecule has 1 aromatic heterocycles. The third-order valence-corrected chi connectivity index (χ3v) is 3.06. The van der Waals surface area contributed by atoms with E-state index in [0.29, 0.717) is 11.1 Å². The quantitative estimate of drug-likeness (QED) is 0.793. The first-order chi connectivity index (χ1) is 10.2. The summed E-state index contributed by atoms with van der Waals surface area (Å²) >= 11 is 0. The molecule has 5 heteroatoms. The van der Waals surface area contributed by atoms with Crippen molar-refractivity contribution in [2.75, 3.05) is 0 Å². The second-order valence-electron chi connectivity index (χ2n) is 4.41. The van der Waals surface area contributed by atoms with Crippen LogP contribution in [0, 0.1) is 5.82 Å². The van der Waals surface area contributed by atoms with Gasteiger partial charge < -0.3 is 9.63 Å². The SMILES string of the molecule is O=C(O)c1c(-c2ccc(F)cc2)noc1-c1ccccc1. The summed E-state index contributed by atoms with van der Waals surface area (Å²) in [7, 11) is 0. The molecule has 2 aromatic carbocycles. The van der Waals surface area contributed by atoms with Crippen LogP contribution in [0.3, 0.4) is 0 Å². The summed E-state index contributed by atoms with van der Waals surface area (Å²) in [5.74, 6) is -1.36. The smallest absolute Gasteiger partial charge is 0.342 e. The number of halogens is 1. The number of carboxylic acids is 1. The number of hydrogen-bond acceptors (Lipinski definition) is 3. The second kappa shape index (κ2) is 5.20. The minimum atomic E-state index is -1.14. The topological polar surface area (TPSA) is 63.3 Å². The molecule has 0 fully saturated rings. The van der Waals surface area contributed by atoms with Gasteiger partial charge in [0.1, 0.15) is 17.1 Å². The van der Waals surface area contributed by atoms with E-state index in [9.17, 15) is 14.3 Å². The molecule has 4 nitrogen and oxygen atoms in total. The van der Waals surface area contributed by atoms with Gasteiger partial charge in [0.25, 0.3) is 0 Å². The average Bonchev–Trinajstić information content (AvgIpc) is 2.94. The molecule has 0 atom stereocenters. The first-order valence-electron chi connectivity index (χ1n) is 6.21. The standard InChI is InChI=1S/C16H10FNO3/c17-12-8-6-10(7-9-12)14-13(16(19)20)15(21-18-14)11-4-2-1-3-5-11/h1-9H,(H,19,20). The van der Waals surface area contributed by atoms with Gasteiger partial charge in [-0.2, -0.15) is 0 Å². The fourth-order valence-corrected chi connectivity index (χ4v) is 2.08. The van der Waals surface area contributed by atoms with Crippen LogP contribution in [0.1, 0.15) is 10.4 Å². The van der Waals surface area contributed by atoms with Gasteiger partial charge in [0.2, 0.25) is 0 Å². The summed E-state index contributed by atoms with van der Waals surface area (Å²) in [6.07, 6.45) is 0. The highest BCUT2D eigenvalue weighted by atomic mass is 19.1. The molecule has 3 rings (SSSR count). The van der Waals surface area contributed by atoms with Crippen molar-refractivity contribution in [3.05, 3.63) is 66.0 Å². The van der Waals surface area contributed by atoms with Crippen LogP contribution in [0.4, 0.5) is 4.39 Å². The lowest BCUT2D eigenvalue weighted by molar-refractivity contribution is 0.0698. The van der Waals surface area contributed by atoms with Crippen molar-refractivity contribution < 1.29 is 18.8 Å². The van der Waals surface area contributed by atoms with Crippen molar-refractivity contribution in [1.82, 2.24) is 5.16 Å². The van der Waals surface area contributed by atoms with Crippen molar-refractivity contribution in [3.63, 3.8) is 0 Å². The van der Waals surface area contributed by atoms with Crippen LogP contribution >= 0.6 is 0 Å². The van der Waals surface area contributed by atoms with Gasteiger partial charge in [-0.05, 0) is 24.3 Å². The monoisotopic (exact) mass is 283 g/mol. The number of aromatic nitrogens is 1. The van der Waals surface area contributed by atoms with E-state index in [2.05, 4.69) is 5.16 Å². The molecule has 1 heterocycles. The normalized spacial score (nSPS) is 10.5. The fourth-order valence-electron chi connectivity index (χ4n) is 2.08. The van der Waals surface area contributed by atoms with Gasteiger partial charge in [0.15, 0.2) is 5.76 Å². The summed E-state index contributed by atoms with van der Waals surface area (Å²) in [4.78, 5) is 11.5. The maximum Gasteiger partial charge on any atom is 0.342 e. The molecular formula is C16H10FNO3. The van der Waals surface area contributed by atoms with Gasteiger partial charge >= 0.3 is 5.97 Å². The Morgan fingerprint density at radius 2 is 1.67 bits per heavy atom. The lowest BCUT2D eigenvalue weighted by Crippen LogP contribution is -1.99. The number of hydrogen-bond donors (Lipinski definition) is 1. The van der Waals surface area contributed by atoms with Crippen LogP contribution in [0.25, 0.3) is 22.6 Å². The van der Waals surface area contributed by atoms with E-state index in [1.54, 1.807) is 24.3 Å². The minimum Gasteiger partial charge on any atom is -0.477 e. The molecule has 3 aromatic rings. The predicted molar refractivity (Wildman–Crippen MR) is 74.3 cm³/mol. The van der Waals surface area contributed by atoms with E-state index in [0.717, 1.165) is 0 Å². The first kappa shape index (κ1) is 13.1. The molecule has 21 heavy (non-hydrogen) atoms. The molecular weight excluding hydrogens is 273 g/mol. The highest BCUT2D eigenvalue weighted by Crippen LogP contribution is 2.32. The summed E-state index contributed by atoms with van der Waals surface area (Å²) in [6, 6.07) is 14.3. The number of rotatable bonds is 3. The molecule has 0 spiro atoms. The summed E-state index contributed by atoms with van der Waals surface area (Å²) < 4.78 is 18.2. The Morgan fingerprint density at radius 1 is 1.00 bits per heavy atom. The van der Waals surface area contributed by atoms with Crippen LogP contribution in [0.5, 0.6) is 0 Å². The van der Waals surface area contributed by atoms with Crippen molar-refractivity contribution in [2.45, 2.75) is 0 Å². The summed E-state index contributed by atoms with van der Waals surface area (Å²) in [6.45, 7) is 0. The third-order valence-electron chi connectivity index (χ3n) is 3.06. The minimum absolute atomic E-state index is 0.0344. The van der Waals surface area contributed by atoms with E-state index >= 15 is 0 Å². The van der Waals surface area contributed by atoms with Crippen molar-refractivity contribution in [3.8, 4) is 22.6 Å². The molecule has 0 amide bonds. The van der Waals surface area contributed by atoms with Gasteiger partial charge in [0.05, 0.1) is 0 Å². The van der Waals surface area contributed by atoms with Crippen LogP contribution in [-0.4, -0.2) is 16.2 Å². The number of nitrogens with zero attached hydrogens (tertiary/aromatic N) is 1. The zero-order valence-electron chi connectivity index (χ0n) is 10.8. The Morgan fingerprint density at radius 3 is 2.29 bits per heavy atom. The van der Waals surface area contributed by atoms with Crippen LogP contribution in [0.15, 0.2) is 59.1 Å². The predicted octanol–water partition coefficient (Wildman–Crippen LogP) is 3.85. The van der Waals surface area contributed by atoms with Gasteiger partial charge in [-0.25, -0.2) is 9.18 Å². The van der Waals surface area contributed by atoms with Crippen LogP contribution < -0.4 is 0 Å². The maximum absolute atomic E-state index is 13.0. The Bertz CT molecular complexity index is 779. The Hall–Kier alpha value is -2.95. The van der Waals surface area contributed by atoms with E-state index in [1.807, 2.05) is 6.07 Å². The number of carbonyl (C=O) groups is 1. The Labute approximate surface area is 119 Å². The molecule has 104 valence electrons. The first-order valence-corrected chi connectivity index (χ1v) is 6.21. The largest absolute Gasteiger partial charge is 0.477 e. The van der Waals surface area contributed by atoms with E-state index < -0.39 is 11.8 Å². The van der Waals surface area contributed by atoms with E-state index in [4.69, 9.17) is 4.52 Å². The Kier molecular flexibility index (Phi) is 3.23. The number of aromatic carboxylic acids is 1. The van der Waals surface area contributed by atoms with Crippen molar-refractivity contribution >= 4 is 5.97 Å². The van der Waals surface area contributed by atoms with Crippen LogP contribution in [-0.2, 0) is 0 Å². The molecule has 0 saturated heterocycles. The van der Waals surface area contributed by atoms with E-state index in [-0.39, 0.29) is 17.0 Å². The van der Waals surface area contributed by atoms with Crippen molar-refractivity contribution in [2.24, 2.45) is 0 Å². The van der Waals surface area contributed by atoms with Gasteiger partial charge in [0, 0.05) is 11.1 Å². The molecule has 1 N–H and O–H groups in total. The lowest BCUT2D eigenvalue weighted by Gasteiger charge is -2.00. The summed E-state index contributed by atoms with van der Waals surface area (Å²) in [5, 5.41) is 13.3. The second-order valence-corrected chi connectivity index (χ2v) is 4.41. The highest BCUT2D eigenvalue weighted by Gasteiger charge is 2.24. The number of carboxylic acid groups (broad SMARTS) is 1. The molecule has 0 radical (unpaired) electrons. The lowest BCUT2D eigenvalue weighted by atomic mass is 10.0. The molecule has 0 saturated carbocycles. The molecule has 0 aliphatic heterocycles. The Balaban J connectivity index is 2.17. The number of benzene rings is 2. The van der Waals surface area contributed by atoms with Crippen LogP contribution in [0.2, 0.25) is 0 Å². The molecule has 0 unspecified atom stereocenters.